The summed E-state index contributed by atoms with van der Waals surface area (Å²) in [4.78, 5) is 28.8. The van der Waals surface area contributed by atoms with Gasteiger partial charge in [0.1, 0.15) is 6.54 Å². The molecule has 3 rings (SSSR count). The average molecular weight is 402 g/mol. The Kier molecular flexibility index (Phi) is 6.15. The van der Waals surface area contributed by atoms with Crippen LogP contribution < -0.4 is 16.2 Å². The molecule has 1 aliphatic rings. The van der Waals surface area contributed by atoms with Crippen molar-refractivity contribution in [2.45, 2.75) is 25.4 Å². The van der Waals surface area contributed by atoms with Crippen LogP contribution >= 0.6 is 28.3 Å². The SMILES string of the molecule is Cl.O=C(Cn1cnc2ccc(Br)cc2c1=O)NC1CCCNC1. The Labute approximate surface area is 148 Å². The topological polar surface area (TPSA) is 76.0 Å². The molecule has 1 aromatic heterocycles. The molecule has 2 N–H and O–H groups in total. The minimum atomic E-state index is -0.205. The standard InChI is InChI=1S/C15H17BrN4O2.ClH/c16-10-3-4-13-12(6-10)15(22)20(9-18-13)8-14(21)19-11-2-1-5-17-7-11;/h3-4,6,9,11,17H,1-2,5,7-8H2,(H,19,21);1H. The van der Waals surface area contributed by atoms with Crippen LogP contribution in [0.5, 0.6) is 0 Å². The van der Waals surface area contributed by atoms with Crippen LogP contribution in [0.4, 0.5) is 0 Å². The van der Waals surface area contributed by atoms with E-state index in [4.69, 9.17) is 0 Å². The molecule has 0 aliphatic carbocycles. The van der Waals surface area contributed by atoms with Gasteiger partial charge in [-0.3, -0.25) is 14.2 Å². The zero-order valence-electron chi connectivity index (χ0n) is 12.4. The maximum atomic E-state index is 12.4. The number of aromatic nitrogens is 2. The summed E-state index contributed by atoms with van der Waals surface area (Å²) in [5, 5.41) is 6.70. The van der Waals surface area contributed by atoms with Gasteiger partial charge in [-0.2, -0.15) is 0 Å². The number of nitrogens with one attached hydrogen (secondary N) is 2. The van der Waals surface area contributed by atoms with Crippen LogP contribution in [0.25, 0.3) is 10.9 Å². The molecule has 0 saturated carbocycles. The number of benzene rings is 1. The summed E-state index contributed by atoms with van der Waals surface area (Å²) in [5.74, 6) is -0.160. The molecule has 1 unspecified atom stereocenters. The maximum absolute atomic E-state index is 12.4. The van der Waals surface area contributed by atoms with Crippen molar-refractivity contribution in [3.8, 4) is 0 Å². The van der Waals surface area contributed by atoms with Crippen LogP contribution in [0.2, 0.25) is 0 Å². The van der Waals surface area contributed by atoms with Crippen LogP contribution in [-0.2, 0) is 11.3 Å². The van der Waals surface area contributed by atoms with Crippen molar-refractivity contribution in [1.29, 1.82) is 0 Å². The number of halogens is 2. The normalized spacial score (nSPS) is 17.5. The number of amides is 1. The molecule has 124 valence electrons. The van der Waals surface area contributed by atoms with Crippen molar-refractivity contribution in [2.75, 3.05) is 13.1 Å². The summed E-state index contributed by atoms with van der Waals surface area (Å²) in [6.45, 7) is 1.77. The molecular formula is C15H18BrClN4O2. The number of nitrogens with zero attached hydrogens (tertiary/aromatic N) is 2. The monoisotopic (exact) mass is 400 g/mol. The van der Waals surface area contributed by atoms with Gasteiger partial charge in [0.2, 0.25) is 5.91 Å². The van der Waals surface area contributed by atoms with E-state index in [0.29, 0.717) is 10.9 Å². The molecule has 23 heavy (non-hydrogen) atoms. The lowest BCUT2D eigenvalue weighted by Gasteiger charge is -2.23. The highest BCUT2D eigenvalue weighted by Crippen LogP contribution is 2.14. The van der Waals surface area contributed by atoms with Crippen LogP contribution in [0.3, 0.4) is 0 Å². The zero-order valence-corrected chi connectivity index (χ0v) is 14.8. The predicted octanol–water partition coefficient (Wildman–Crippen LogP) is 1.45. The van der Waals surface area contributed by atoms with Crippen molar-refractivity contribution in [2.24, 2.45) is 0 Å². The lowest BCUT2D eigenvalue weighted by atomic mass is 10.1. The molecule has 2 heterocycles. The van der Waals surface area contributed by atoms with E-state index in [2.05, 4.69) is 31.5 Å². The van der Waals surface area contributed by atoms with Gasteiger partial charge in [0, 0.05) is 17.1 Å². The molecule has 1 amide bonds. The Bertz CT molecular complexity index is 759. The van der Waals surface area contributed by atoms with E-state index in [0.717, 1.165) is 30.4 Å². The second-order valence-electron chi connectivity index (χ2n) is 5.45. The minimum absolute atomic E-state index is 0. The molecule has 2 aromatic rings. The third kappa shape index (κ3) is 4.31. The smallest absolute Gasteiger partial charge is 0.261 e. The zero-order chi connectivity index (χ0) is 15.5. The number of fused-ring (bicyclic) bond motifs is 1. The summed E-state index contributed by atoms with van der Waals surface area (Å²) >= 11 is 3.35. The second-order valence-corrected chi connectivity index (χ2v) is 6.37. The van der Waals surface area contributed by atoms with E-state index < -0.39 is 0 Å². The Morgan fingerprint density at radius 1 is 1.48 bits per heavy atom. The number of rotatable bonds is 3. The van der Waals surface area contributed by atoms with E-state index in [-0.39, 0.29) is 36.5 Å². The molecule has 1 fully saturated rings. The van der Waals surface area contributed by atoms with E-state index >= 15 is 0 Å². The number of carbonyl (C=O) groups is 1. The Balaban J connectivity index is 0.00000192. The summed E-state index contributed by atoms with van der Waals surface area (Å²) < 4.78 is 2.16. The largest absolute Gasteiger partial charge is 0.351 e. The fraction of sp³-hybridized carbons (Fsp3) is 0.400. The highest BCUT2D eigenvalue weighted by Gasteiger charge is 2.16. The van der Waals surface area contributed by atoms with Gasteiger partial charge in [-0.05, 0) is 37.6 Å². The fourth-order valence-corrected chi connectivity index (χ4v) is 3.01. The first-order valence-corrected chi connectivity index (χ1v) is 8.07. The van der Waals surface area contributed by atoms with Crippen LogP contribution in [0.15, 0.2) is 33.8 Å². The van der Waals surface area contributed by atoms with Crippen molar-refractivity contribution in [3.63, 3.8) is 0 Å². The maximum Gasteiger partial charge on any atom is 0.261 e. The third-order valence-electron chi connectivity index (χ3n) is 3.76. The molecular weight excluding hydrogens is 384 g/mol. The van der Waals surface area contributed by atoms with Crippen LogP contribution in [0.1, 0.15) is 12.8 Å². The number of hydrogen-bond donors (Lipinski definition) is 2. The van der Waals surface area contributed by atoms with Gasteiger partial charge in [-0.1, -0.05) is 15.9 Å². The van der Waals surface area contributed by atoms with Gasteiger partial charge in [0.25, 0.3) is 5.56 Å². The van der Waals surface area contributed by atoms with Crippen molar-refractivity contribution >= 4 is 45.1 Å². The minimum Gasteiger partial charge on any atom is -0.351 e. The van der Waals surface area contributed by atoms with Gasteiger partial charge < -0.3 is 10.6 Å². The molecule has 1 saturated heterocycles. The number of carbonyl (C=O) groups excluding carboxylic acids is 1. The molecule has 1 aliphatic heterocycles. The Morgan fingerprint density at radius 3 is 3.04 bits per heavy atom. The van der Waals surface area contributed by atoms with Crippen LogP contribution in [0, 0.1) is 0 Å². The molecule has 0 radical (unpaired) electrons. The molecule has 0 spiro atoms. The molecule has 0 bridgehead atoms. The fourth-order valence-electron chi connectivity index (χ4n) is 2.65. The van der Waals surface area contributed by atoms with E-state index in [1.54, 1.807) is 12.1 Å². The quantitative estimate of drug-likeness (QED) is 0.816. The van der Waals surface area contributed by atoms with Gasteiger partial charge in [-0.25, -0.2) is 4.98 Å². The van der Waals surface area contributed by atoms with Crippen LogP contribution in [-0.4, -0.2) is 34.6 Å². The Morgan fingerprint density at radius 2 is 2.30 bits per heavy atom. The highest BCUT2D eigenvalue weighted by molar-refractivity contribution is 9.10. The third-order valence-corrected chi connectivity index (χ3v) is 4.26. The molecule has 1 aromatic carbocycles. The Hall–Kier alpha value is -1.44. The lowest BCUT2D eigenvalue weighted by Crippen LogP contribution is -2.47. The molecule has 6 nitrogen and oxygen atoms in total. The number of piperidine rings is 1. The molecule has 8 heteroatoms. The van der Waals surface area contributed by atoms with Crippen molar-refractivity contribution in [1.82, 2.24) is 20.2 Å². The lowest BCUT2D eigenvalue weighted by molar-refractivity contribution is -0.122. The average Bonchev–Trinajstić information content (AvgIpc) is 2.51. The van der Waals surface area contributed by atoms with Gasteiger partial charge >= 0.3 is 0 Å². The second kappa shape index (κ2) is 7.90. The number of hydrogen-bond acceptors (Lipinski definition) is 4. The molecule has 1 atom stereocenters. The first-order valence-electron chi connectivity index (χ1n) is 7.28. The summed E-state index contributed by atoms with van der Waals surface area (Å²) in [6, 6.07) is 5.48. The van der Waals surface area contributed by atoms with Crippen molar-refractivity contribution < 1.29 is 4.79 Å². The van der Waals surface area contributed by atoms with E-state index in [1.165, 1.54) is 10.9 Å². The summed E-state index contributed by atoms with van der Waals surface area (Å²) in [5.41, 5.74) is 0.421. The summed E-state index contributed by atoms with van der Waals surface area (Å²) in [7, 11) is 0. The highest BCUT2D eigenvalue weighted by atomic mass is 79.9. The van der Waals surface area contributed by atoms with Gasteiger partial charge in [0.05, 0.1) is 17.2 Å². The van der Waals surface area contributed by atoms with Gasteiger partial charge in [0.15, 0.2) is 0 Å². The first-order chi connectivity index (χ1) is 10.6. The van der Waals surface area contributed by atoms with E-state index in [9.17, 15) is 9.59 Å². The predicted molar refractivity (Wildman–Crippen MR) is 95.0 cm³/mol. The van der Waals surface area contributed by atoms with Crippen molar-refractivity contribution in [3.05, 3.63) is 39.4 Å². The van der Waals surface area contributed by atoms with Gasteiger partial charge in [-0.15, -0.1) is 12.4 Å². The van der Waals surface area contributed by atoms with E-state index in [1.807, 2.05) is 6.07 Å². The summed E-state index contributed by atoms with van der Waals surface area (Å²) in [6.07, 6.45) is 3.45. The first kappa shape index (κ1) is 17.9.